The van der Waals surface area contributed by atoms with Crippen molar-refractivity contribution < 1.29 is 13.6 Å². The molecule has 0 saturated heterocycles. The van der Waals surface area contributed by atoms with E-state index in [4.69, 9.17) is 5.73 Å². The Labute approximate surface area is 98.4 Å². The molecule has 0 radical (unpaired) electrons. The van der Waals surface area contributed by atoms with Crippen LogP contribution in [-0.4, -0.2) is 15.5 Å². The smallest absolute Gasteiger partial charge is 0.259 e. The summed E-state index contributed by atoms with van der Waals surface area (Å²) >= 11 is 0.938. The van der Waals surface area contributed by atoms with Crippen LogP contribution >= 0.6 is 11.5 Å². The Hall–Kier alpha value is -2.09. The minimum Gasteiger partial charge on any atom is -0.396 e. The highest BCUT2D eigenvalue weighted by molar-refractivity contribution is 7.10. The van der Waals surface area contributed by atoms with Gasteiger partial charge in [0.05, 0.1) is 17.4 Å². The van der Waals surface area contributed by atoms with Gasteiger partial charge < -0.3 is 11.1 Å². The second-order valence-corrected chi connectivity index (χ2v) is 3.88. The lowest BCUT2D eigenvalue weighted by Gasteiger charge is -2.05. The van der Waals surface area contributed by atoms with Crippen LogP contribution in [0.1, 0.15) is 10.4 Å². The monoisotopic (exact) mass is 256 g/mol. The number of nitrogen functional groups attached to an aromatic ring is 1. The first-order valence-electron chi connectivity index (χ1n) is 4.41. The van der Waals surface area contributed by atoms with Crippen molar-refractivity contribution in [1.29, 1.82) is 0 Å². The maximum Gasteiger partial charge on any atom is 0.259 e. The largest absolute Gasteiger partial charge is 0.396 e. The molecule has 88 valence electrons. The molecule has 2 aromatic rings. The normalized spacial score (nSPS) is 10.2. The number of nitrogens with zero attached hydrogens (tertiary/aromatic N) is 2. The Morgan fingerprint density at radius 2 is 2.12 bits per heavy atom. The summed E-state index contributed by atoms with van der Waals surface area (Å²) in [5.74, 6) is -2.62. The molecule has 3 N–H and O–H groups in total. The van der Waals surface area contributed by atoms with E-state index < -0.39 is 17.5 Å². The maximum absolute atomic E-state index is 13.3. The first-order chi connectivity index (χ1) is 8.08. The van der Waals surface area contributed by atoms with Crippen molar-refractivity contribution in [2.75, 3.05) is 11.1 Å². The van der Waals surface area contributed by atoms with Gasteiger partial charge in [0, 0.05) is 17.6 Å². The average Bonchev–Trinajstić information content (AvgIpc) is 2.76. The Bertz CT molecular complexity index is 558. The molecule has 0 aliphatic carbocycles. The quantitative estimate of drug-likeness (QED) is 0.800. The van der Waals surface area contributed by atoms with Gasteiger partial charge in [0.1, 0.15) is 16.6 Å². The van der Waals surface area contributed by atoms with Gasteiger partial charge in [-0.05, 0) is 6.07 Å². The van der Waals surface area contributed by atoms with Gasteiger partial charge in [0.2, 0.25) is 0 Å². The van der Waals surface area contributed by atoms with Crippen LogP contribution in [0.4, 0.5) is 19.5 Å². The SMILES string of the molecule is Nc1cc(C(=O)Nc2cnns2)c(F)cc1F. The van der Waals surface area contributed by atoms with E-state index in [9.17, 15) is 13.6 Å². The molecule has 0 atom stereocenters. The van der Waals surface area contributed by atoms with Gasteiger partial charge >= 0.3 is 0 Å². The molecule has 0 unspecified atom stereocenters. The second-order valence-electron chi connectivity index (χ2n) is 3.09. The average molecular weight is 256 g/mol. The fourth-order valence-corrected chi connectivity index (χ4v) is 1.56. The van der Waals surface area contributed by atoms with Crippen LogP contribution in [0, 0.1) is 11.6 Å². The number of hydrogen-bond donors (Lipinski definition) is 2. The highest BCUT2D eigenvalue weighted by Gasteiger charge is 2.15. The van der Waals surface area contributed by atoms with E-state index in [2.05, 4.69) is 14.9 Å². The summed E-state index contributed by atoms with van der Waals surface area (Å²) in [6.07, 6.45) is 1.31. The van der Waals surface area contributed by atoms with E-state index in [1.54, 1.807) is 0 Å². The lowest BCUT2D eigenvalue weighted by Crippen LogP contribution is -2.14. The molecule has 1 amide bonds. The number of hydrogen-bond acceptors (Lipinski definition) is 5. The molecule has 0 aliphatic heterocycles. The fourth-order valence-electron chi connectivity index (χ4n) is 1.14. The zero-order valence-corrected chi connectivity index (χ0v) is 9.09. The predicted molar refractivity (Wildman–Crippen MR) is 58.6 cm³/mol. The van der Waals surface area contributed by atoms with Crippen LogP contribution < -0.4 is 11.1 Å². The number of benzene rings is 1. The van der Waals surface area contributed by atoms with Gasteiger partial charge in [-0.1, -0.05) is 4.49 Å². The number of anilines is 2. The fraction of sp³-hybridized carbons (Fsp3) is 0. The number of halogens is 2. The number of amides is 1. The first-order valence-corrected chi connectivity index (χ1v) is 5.18. The Kier molecular flexibility index (Phi) is 2.96. The molecule has 1 aromatic heterocycles. The third kappa shape index (κ3) is 2.36. The molecule has 0 fully saturated rings. The number of rotatable bonds is 2. The number of nitrogens with two attached hydrogens (primary N) is 1. The van der Waals surface area contributed by atoms with E-state index in [1.807, 2.05) is 0 Å². The van der Waals surface area contributed by atoms with Crippen molar-refractivity contribution in [3.05, 3.63) is 35.5 Å². The van der Waals surface area contributed by atoms with E-state index in [1.165, 1.54) is 6.20 Å². The molecular weight excluding hydrogens is 250 g/mol. The van der Waals surface area contributed by atoms with Crippen molar-refractivity contribution in [2.45, 2.75) is 0 Å². The standard InChI is InChI=1S/C9H6F2N4OS/c10-5-2-6(11)7(12)1-4(5)9(16)14-8-3-13-15-17-8/h1-3H,12H2,(H,14,16). The third-order valence-corrected chi connectivity index (χ3v) is 2.51. The van der Waals surface area contributed by atoms with Crippen LogP contribution in [0.15, 0.2) is 18.3 Å². The topological polar surface area (TPSA) is 80.9 Å². The Balaban J connectivity index is 2.28. The number of aromatic nitrogens is 2. The van der Waals surface area contributed by atoms with Crippen LogP contribution in [-0.2, 0) is 0 Å². The molecule has 5 nitrogen and oxygen atoms in total. The van der Waals surface area contributed by atoms with Crippen molar-refractivity contribution in [3.63, 3.8) is 0 Å². The van der Waals surface area contributed by atoms with Crippen LogP contribution in [0.3, 0.4) is 0 Å². The summed E-state index contributed by atoms with van der Waals surface area (Å²) in [6, 6.07) is 1.50. The maximum atomic E-state index is 13.3. The van der Waals surface area contributed by atoms with Crippen molar-refractivity contribution in [3.8, 4) is 0 Å². The Morgan fingerprint density at radius 3 is 2.76 bits per heavy atom. The lowest BCUT2D eigenvalue weighted by atomic mass is 10.1. The van der Waals surface area contributed by atoms with Crippen molar-refractivity contribution in [1.82, 2.24) is 9.59 Å². The number of carbonyl (C=O) groups is 1. The number of carbonyl (C=O) groups excluding carboxylic acids is 1. The summed E-state index contributed by atoms with van der Waals surface area (Å²) in [7, 11) is 0. The second kappa shape index (κ2) is 4.42. The van der Waals surface area contributed by atoms with Gasteiger partial charge in [-0.15, -0.1) is 5.10 Å². The summed E-state index contributed by atoms with van der Waals surface area (Å²) < 4.78 is 29.7. The summed E-state index contributed by atoms with van der Waals surface area (Å²) in [6.45, 7) is 0. The molecule has 1 heterocycles. The Morgan fingerprint density at radius 1 is 1.35 bits per heavy atom. The third-order valence-electron chi connectivity index (χ3n) is 1.93. The zero-order valence-electron chi connectivity index (χ0n) is 8.28. The van der Waals surface area contributed by atoms with E-state index in [-0.39, 0.29) is 11.3 Å². The van der Waals surface area contributed by atoms with Crippen LogP contribution in [0.25, 0.3) is 0 Å². The first kappa shape index (κ1) is 11.4. The summed E-state index contributed by atoms with van der Waals surface area (Å²) in [5, 5.41) is 6.22. The molecule has 17 heavy (non-hydrogen) atoms. The number of nitrogens with one attached hydrogen (secondary N) is 1. The molecule has 2 rings (SSSR count). The molecular formula is C9H6F2N4OS. The van der Waals surface area contributed by atoms with Gasteiger partial charge in [-0.25, -0.2) is 8.78 Å². The van der Waals surface area contributed by atoms with Crippen LogP contribution in [0.5, 0.6) is 0 Å². The molecule has 0 spiro atoms. The van der Waals surface area contributed by atoms with Gasteiger partial charge in [0.25, 0.3) is 5.91 Å². The molecule has 8 heteroatoms. The van der Waals surface area contributed by atoms with E-state index in [0.29, 0.717) is 11.1 Å². The molecule has 0 saturated carbocycles. The molecule has 0 bridgehead atoms. The highest BCUT2D eigenvalue weighted by atomic mass is 32.1. The van der Waals surface area contributed by atoms with Crippen LogP contribution in [0.2, 0.25) is 0 Å². The zero-order chi connectivity index (χ0) is 12.4. The minimum atomic E-state index is -0.980. The van der Waals surface area contributed by atoms with Gasteiger partial charge in [-0.3, -0.25) is 4.79 Å². The van der Waals surface area contributed by atoms with E-state index >= 15 is 0 Å². The van der Waals surface area contributed by atoms with Gasteiger partial charge in [-0.2, -0.15) is 0 Å². The van der Waals surface area contributed by atoms with E-state index in [0.717, 1.165) is 17.6 Å². The van der Waals surface area contributed by atoms with Gasteiger partial charge in [0.15, 0.2) is 0 Å². The van der Waals surface area contributed by atoms with Crippen molar-refractivity contribution >= 4 is 28.1 Å². The lowest BCUT2D eigenvalue weighted by molar-refractivity contribution is 0.102. The summed E-state index contributed by atoms with van der Waals surface area (Å²) in [4.78, 5) is 11.6. The highest BCUT2D eigenvalue weighted by Crippen LogP contribution is 2.18. The molecule has 1 aromatic carbocycles. The predicted octanol–water partition coefficient (Wildman–Crippen LogP) is 1.65. The minimum absolute atomic E-state index is 0.293. The van der Waals surface area contributed by atoms with Crippen molar-refractivity contribution in [2.24, 2.45) is 0 Å². The molecule has 0 aliphatic rings. The summed E-state index contributed by atoms with van der Waals surface area (Å²) in [5.41, 5.74) is 4.63.